The minimum atomic E-state index is 0.759. The van der Waals surface area contributed by atoms with Crippen molar-refractivity contribution in [2.45, 2.75) is 45.6 Å². The predicted octanol–water partition coefficient (Wildman–Crippen LogP) is 2.11. The van der Waals surface area contributed by atoms with Gasteiger partial charge in [0.2, 0.25) is 0 Å². The Morgan fingerprint density at radius 2 is 2.29 bits per heavy atom. The van der Waals surface area contributed by atoms with E-state index in [1.807, 2.05) is 0 Å². The van der Waals surface area contributed by atoms with E-state index in [0.717, 1.165) is 12.0 Å². The fraction of sp³-hybridized carbons (Fsp3) is 1.00. The summed E-state index contributed by atoms with van der Waals surface area (Å²) in [5, 5.41) is 3.43. The van der Waals surface area contributed by atoms with E-state index in [-0.39, 0.29) is 0 Å². The Hall–Kier alpha value is -0.0800. The fourth-order valence-electron chi connectivity index (χ4n) is 2.21. The number of nitrogens with zero attached hydrogens (tertiary/aromatic N) is 1. The molecule has 2 atom stereocenters. The molecule has 0 amide bonds. The third-order valence-corrected chi connectivity index (χ3v) is 3.51. The topological polar surface area (TPSA) is 15.3 Å². The minimum absolute atomic E-state index is 0.759. The summed E-state index contributed by atoms with van der Waals surface area (Å²) in [6.45, 7) is 8.37. The quantitative estimate of drug-likeness (QED) is 0.703. The molecule has 1 aliphatic rings. The van der Waals surface area contributed by atoms with Crippen LogP contribution in [-0.2, 0) is 0 Å². The molecular formula is C12H26N2. The molecule has 0 aromatic heterocycles. The normalized spacial score (nSPS) is 24.4. The van der Waals surface area contributed by atoms with Crippen LogP contribution in [0.3, 0.4) is 0 Å². The lowest BCUT2D eigenvalue weighted by atomic mass is 10.0. The molecule has 1 rings (SSSR count). The van der Waals surface area contributed by atoms with Crippen molar-refractivity contribution in [2.24, 2.45) is 5.92 Å². The molecule has 1 aliphatic heterocycles. The average molecular weight is 198 g/mol. The summed E-state index contributed by atoms with van der Waals surface area (Å²) in [7, 11) is 2.27. The summed E-state index contributed by atoms with van der Waals surface area (Å²) in [5.41, 5.74) is 0. The van der Waals surface area contributed by atoms with Gasteiger partial charge in [0.05, 0.1) is 0 Å². The summed E-state index contributed by atoms with van der Waals surface area (Å²) in [4.78, 5) is 2.52. The summed E-state index contributed by atoms with van der Waals surface area (Å²) in [5.74, 6) is 0.936. The van der Waals surface area contributed by atoms with Crippen molar-refractivity contribution in [3.8, 4) is 0 Å². The van der Waals surface area contributed by atoms with Gasteiger partial charge in [0.1, 0.15) is 0 Å². The van der Waals surface area contributed by atoms with Gasteiger partial charge in [-0.1, -0.05) is 13.3 Å². The molecule has 2 unspecified atom stereocenters. The van der Waals surface area contributed by atoms with E-state index >= 15 is 0 Å². The number of rotatable bonds is 6. The molecule has 2 heteroatoms. The monoisotopic (exact) mass is 198 g/mol. The zero-order chi connectivity index (χ0) is 10.4. The molecule has 0 bridgehead atoms. The summed E-state index contributed by atoms with van der Waals surface area (Å²) in [6.07, 6.45) is 5.39. The van der Waals surface area contributed by atoms with Crippen LogP contribution in [-0.4, -0.2) is 37.6 Å². The molecule has 0 saturated carbocycles. The molecule has 14 heavy (non-hydrogen) atoms. The van der Waals surface area contributed by atoms with E-state index in [1.165, 1.54) is 45.3 Å². The minimum Gasteiger partial charge on any atom is -0.316 e. The maximum absolute atomic E-state index is 3.43. The number of hydrogen-bond acceptors (Lipinski definition) is 2. The number of hydrogen-bond donors (Lipinski definition) is 1. The zero-order valence-corrected chi connectivity index (χ0v) is 10.1. The first-order chi connectivity index (χ1) is 6.74. The van der Waals surface area contributed by atoms with Crippen molar-refractivity contribution in [1.29, 1.82) is 0 Å². The van der Waals surface area contributed by atoms with Gasteiger partial charge in [-0.15, -0.1) is 0 Å². The van der Waals surface area contributed by atoms with Crippen molar-refractivity contribution in [3.63, 3.8) is 0 Å². The lowest BCUT2D eigenvalue weighted by molar-refractivity contribution is 0.229. The SMILES string of the molecule is CCCC(C)N(C)CCC1CCNC1. The Morgan fingerprint density at radius 3 is 2.86 bits per heavy atom. The second-order valence-corrected chi connectivity index (χ2v) is 4.77. The van der Waals surface area contributed by atoms with Crippen molar-refractivity contribution in [2.75, 3.05) is 26.7 Å². The Bertz CT molecular complexity index is 141. The van der Waals surface area contributed by atoms with Crippen LogP contribution in [0.2, 0.25) is 0 Å². The van der Waals surface area contributed by atoms with Gasteiger partial charge in [-0.3, -0.25) is 0 Å². The van der Waals surface area contributed by atoms with Crippen LogP contribution in [0.1, 0.15) is 39.5 Å². The molecule has 0 aromatic carbocycles. The van der Waals surface area contributed by atoms with Crippen LogP contribution < -0.4 is 5.32 Å². The van der Waals surface area contributed by atoms with E-state index in [9.17, 15) is 0 Å². The van der Waals surface area contributed by atoms with Gasteiger partial charge in [0.15, 0.2) is 0 Å². The van der Waals surface area contributed by atoms with Gasteiger partial charge in [-0.25, -0.2) is 0 Å². The smallest absolute Gasteiger partial charge is 0.00637 e. The third kappa shape index (κ3) is 3.97. The Labute approximate surface area is 89.1 Å². The average Bonchev–Trinajstić information content (AvgIpc) is 2.67. The second-order valence-electron chi connectivity index (χ2n) is 4.77. The standard InChI is InChI=1S/C12H26N2/c1-4-5-11(2)14(3)9-7-12-6-8-13-10-12/h11-13H,4-10H2,1-3H3. The van der Waals surface area contributed by atoms with Crippen LogP contribution in [0, 0.1) is 5.92 Å². The van der Waals surface area contributed by atoms with E-state index in [4.69, 9.17) is 0 Å². The van der Waals surface area contributed by atoms with Crippen molar-refractivity contribution < 1.29 is 0 Å². The molecule has 2 nitrogen and oxygen atoms in total. The summed E-state index contributed by atoms with van der Waals surface area (Å²) < 4.78 is 0. The Kier molecular flexibility index (Phi) is 5.49. The molecule has 1 heterocycles. The van der Waals surface area contributed by atoms with Gasteiger partial charge >= 0.3 is 0 Å². The van der Waals surface area contributed by atoms with Crippen LogP contribution in [0.4, 0.5) is 0 Å². The maximum Gasteiger partial charge on any atom is 0.00637 e. The molecule has 0 spiro atoms. The van der Waals surface area contributed by atoms with Crippen LogP contribution in [0.15, 0.2) is 0 Å². The van der Waals surface area contributed by atoms with Crippen molar-refractivity contribution >= 4 is 0 Å². The highest BCUT2D eigenvalue weighted by atomic mass is 15.1. The molecule has 1 saturated heterocycles. The highest BCUT2D eigenvalue weighted by Gasteiger charge is 2.16. The second kappa shape index (κ2) is 6.41. The highest BCUT2D eigenvalue weighted by Crippen LogP contribution is 2.14. The van der Waals surface area contributed by atoms with Crippen LogP contribution in [0.25, 0.3) is 0 Å². The zero-order valence-electron chi connectivity index (χ0n) is 10.1. The molecule has 1 N–H and O–H groups in total. The molecule has 0 aliphatic carbocycles. The first-order valence-corrected chi connectivity index (χ1v) is 6.15. The first kappa shape index (κ1) is 12.0. The van der Waals surface area contributed by atoms with E-state index < -0.39 is 0 Å². The van der Waals surface area contributed by atoms with Crippen molar-refractivity contribution in [1.82, 2.24) is 10.2 Å². The third-order valence-electron chi connectivity index (χ3n) is 3.51. The lowest BCUT2D eigenvalue weighted by Gasteiger charge is -2.25. The predicted molar refractivity (Wildman–Crippen MR) is 62.6 cm³/mol. The Balaban J connectivity index is 2.09. The number of nitrogens with one attached hydrogen (secondary N) is 1. The summed E-state index contributed by atoms with van der Waals surface area (Å²) in [6, 6.07) is 0.759. The van der Waals surface area contributed by atoms with E-state index in [1.54, 1.807) is 0 Å². The first-order valence-electron chi connectivity index (χ1n) is 6.15. The lowest BCUT2D eigenvalue weighted by Crippen LogP contribution is -2.31. The van der Waals surface area contributed by atoms with Crippen LogP contribution in [0.5, 0.6) is 0 Å². The van der Waals surface area contributed by atoms with E-state index in [0.29, 0.717) is 0 Å². The largest absolute Gasteiger partial charge is 0.316 e. The highest BCUT2D eigenvalue weighted by molar-refractivity contribution is 4.73. The van der Waals surface area contributed by atoms with Gasteiger partial charge in [-0.2, -0.15) is 0 Å². The van der Waals surface area contributed by atoms with Gasteiger partial charge in [-0.05, 0) is 58.8 Å². The van der Waals surface area contributed by atoms with E-state index in [2.05, 4.69) is 31.1 Å². The summed E-state index contributed by atoms with van der Waals surface area (Å²) >= 11 is 0. The molecule has 1 fully saturated rings. The Morgan fingerprint density at radius 1 is 1.50 bits per heavy atom. The van der Waals surface area contributed by atoms with Gasteiger partial charge in [0, 0.05) is 6.04 Å². The van der Waals surface area contributed by atoms with Gasteiger partial charge in [0.25, 0.3) is 0 Å². The molecule has 0 radical (unpaired) electrons. The van der Waals surface area contributed by atoms with Crippen molar-refractivity contribution in [3.05, 3.63) is 0 Å². The maximum atomic E-state index is 3.43. The molecule has 0 aromatic rings. The molecular weight excluding hydrogens is 172 g/mol. The fourth-order valence-corrected chi connectivity index (χ4v) is 2.21. The van der Waals surface area contributed by atoms with Gasteiger partial charge < -0.3 is 10.2 Å². The van der Waals surface area contributed by atoms with Crippen LogP contribution >= 0.6 is 0 Å². The molecule has 84 valence electrons.